The minimum Gasteiger partial charge on any atom is -0.381 e. The van der Waals surface area contributed by atoms with Gasteiger partial charge in [-0.1, -0.05) is 23.2 Å². The van der Waals surface area contributed by atoms with Crippen molar-refractivity contribution < 1.29 is 0 Å². The zero-order valence-corrected chi connectivity index (χ0v) is 10.8. The van der Waals surface area contributed by atoms with Gasteiger partial charge in [-0.05, 0) is 43.9 Å². The molecule has 0 aromatic heterocycles. The second-order valence-corrected chi connectivity index (χ2v) is 5.31. The minimum atomic E-state index is 0.317. The first-order valence-electron chi connectivity index (χ1n) is 5.54. The van der Waals surface area contributed by atoms with E-state index in [0.29, 0.717) is 12.1 Å². The van der Waals surface area contributed by atoms with Crippen LogP contribution >= 0.6 is 23.2 Å². The van der Waals surface area contributed by atoms with Gasteiger partial charge in [-0.2, -0.15) is 0 Å². The van der Waals surface area contributed by atoms with E-state index in [1.54, 1.807) is 0 Å². The molecule has 0 saturated heterocycles. The van der Waals surface area contributed by atoms with Crippen LogP contribution in [0.1, 0.15) is 24.8 Å². The molecule has 1 aromatic carbocycles. The highest BCUT2D eigenvalue weighted by Crippen LogP contribution is 2.31. The number of anilines is 1. The van der Waals surface area contributed by atoms with Gasteiger partial charge in [-0.15, -0.1) is 0 Å². The third-order valence-corrected chi connectivity index (χ3v) is 3.80. The topological polar surface area (TPSA) is 38.0 Å². The Morgan fingerprint density at radius 1 is 1.25 bits per heavy atom. The lowest BCUT2D eigenvalue weighted by Gasteiger charge is -2.16. The van der Waals surface area contributed by atoms with Crippen LogP contribution in [0.3, 0.4) is 0 Å². The fourth-order valence-corrected chi connectivity index (χ4v) is 2.56. The standard InChI is InChI=1S/C12H16Cl2N2/c1-7-4-11(14)12(6-10(7)13)16-9-3-2-8(15)5-9/h4,6,8-9,16H,2-3,5,15H2,1H3. The van der Waals surface area contributed by atoms with Gasteiger partial charge in [0.25, 0.3) is 0 Å². The van der Waals surface area contributed by atoms with Gasteiger partial charge in [0, 0.05) is 17.1 Å². The summed E-state index contributed by atoms with van der Waals surface area (Å²) in [6.45, 7) is 1.95. The summed E-state index contributed by atoms with van der Waals surface area (Å²) in [6.07, 6.45) is 3.18. The van der Waals surface area contributed by atoms with Crippen molar-refractivity contribution in [3.63, 3.8) is 0 Å². The van der Waals surface area contributed by atoms with Crippen molar-refractivity contribution in [2.45, 2.75) is 38.3 Å². The molecule has 1 saturated carbocycles. The van der Waals surface area contributed by atoms with Gasteiger partial charge in [0.2, 0.25) is 0 Å². The van der Waals surface area contributed by atoms with Crippen LogP contribution in [0.5, 0.6) is 0 Å². The number of benzene rings is 1. The number of nitrogens with two attached hydrogens (primary N) is 1. The molecule has 0 bridgehead atoms. The van der Waals surface area contributed by atoms with E-state index < -0.39 is 0 Å². The summed E-state index contributed by atoms with van der Waals surface area (Å²) in [7, 11) is 0. The zero-order chi connectivity index (χ0) is 11.7. The lowest BCUT2D eigenvalue weighted by Crippen LogP contribution is -2.20. The molecule has 2 rings (SSSR count). The molecule has 2 nitrogen and oxygen atoms in total. The molecule has 0 radical (unpaired) electrons. The summed E-state index contributed by atoms with van der Waals surface area (Å²) in [4.78, 5) is 0. The predicted molar refractivity (Wildman–Crippen MR) is 70.4 cm³/mol. The van der Waals surface area contributed by atoms with Crippen molar-refractivity contribution >= 4 is 28.9 Å². The van der Waals surface area contributed by atoms with Gasteiger partial charge in [-0.25, -0.2) is 0 Å². The molecule has 4 heteroatoms. The molecule has 0 spiro atoms. The van der Waals surface area contributed by atoms with E-state index in [-0.39, 0.29) is 0 Å². The van der Waals surface area contributed by atoms with Crippen LogP contribution in [0.25, 0.3) is 0 Å². The highest BCUT2D eigenvalue weighted by Gasteiger charge is 2.22. The number of hydrogen-bond acceptors (Lipinski definition) is 2. The summed E-state index contributed by atoms with van der Waals surface area (Å²) in [6, 6.07) is 4.52. The second-order valence-electron chi connectivity index (χ2n) is 4.50. The summed E-state index contributed by atoms with van der Waals surface area (Å²) in [5.74, 6) is 0. The van der Waals surface area contributed by atoms with Gasteiger partial charge >= 0.3 is 0 Å². The Kier molecular flexibility index (Phi) is 3.63. The molecule has 2 atom stereocenters. The van der Waals surface area contributed by atoms with Gasteiger partial charge in [0.15, 0.2) is 0 Å². The zero-order valence-electron chi connectivity index (χ0n) is 9.26. The molecule has 0 aliphatic heterocycles. The summed E-state index contributed by atoms with van der Waals surface area (Å²) < 4.78 is 0. The smallest absolute Gasteiger partial charge is 0.0641 e. The van der Waals surface area contributed by atoms with Crippen molar-refractivity contribution in [3.05, 3.63) is 27.7 Å². The molecule has 88 valence electrons. The molecule has 1 aliphatic carbocycles. The van der Waals surface area contributed by atoms with E-state index in [1.165, 1.54) is 0 Å². The fraction of sp³-hybridized carbons (Fsp3) is 0.500. The van der Waals surface area contributed by atoms with Crippen molar-refractivity contribution in [3.8, 4) is 0 Å². The number of rotatable bonds is 2. The van der Waals surface area contributed by atoms with E-state index in [1.807, 2.05) is 19.1 Å². The lowest BCUT2D eigenvalue weighted by atomic mass is 10.2. The third-order valence-electron chi connectivity index (χ3n) is 3.08. The highest BCUT2D eigenvalue weighted by atomic mass is 35.5. The Morgan fingerprint density at radius 3 is 2.62 bits per heavy atom. The predicted octanol–water partition coefficient (Wildman–Crippen LogP) is 3.59. The maximum Gasteiger partial charge on any atom is 0.0641 e. The van der Waals surface area contributed by atoms with E-state index in [0.717, 1.165) is 40.6 Å². The van der Waals surface area contributed by atoms with Crippen molar-refractivity contribution in [2.75, 3.05) is 5.32 Å². The largest absolute Gasteiger partial charge is 0.381 e. The average Bonchev–Trinajstić information content (AvgIpc) is 2.60. The maximum absolute atomic E-state index is 6.16. The average molecular weight is 259 g/mol. The van der Waals surface area contributed by atoms with Gasteiger partial charge in [-0.3, -0.25) is 0 Å². The summed E-state index contributed by atoms with van der Waals surface area (Å²) >= 11 is 12.2. The van der Waals surface area contributed by atoms with Crippen molar-refractivity contribution in [1.82, 2.24) is 0 Å². The van der Waals surface area contributed by atoms with Gasteiger partial charge in [0.1, 0.15) is 0 Å². The van der Waals surface area contributed by atoms with Gasteiger partial charge in [0.05, 0.1) is 10.7 Å². The lowest BCUT2D eigenvalue weighted by molar-refractivity contribution is 0.688. The van der Waals surface area contributed by atoms with E-state index in [2.05, 4.69) is 5.32 Å². The molecule has 2 unspecified atom stereocenters. The van der Waals surface area contributed by atoms with E-state index >= 15 is 0 Å². The van der Waals surface area contributed by atoms with Crippen LogP contribution in [-0.2, 0) is 0 Å². The summed E-state index contributed by atoms with van der Waals surface area (Å²) in [5.41, 5.74) is 7.79. The van der Waals surface area contributed by atoms with Crippen LogP contribution in [0.15, 0.2) is 12.1 Å². The maximum atomic E-state index is 6.16. The Labute approximate surface area is 106 Å². The van der Waals surface area contributed by atoms with E-state index in [4.69, 9.17) is 28.9 Å². The Bertz CT molecular complexity index is 393. The Morgan fingerprint density at radius 2 is 2.00 bits per heavy atom. The van der Waals surface area contributed by atoms with E-state index in [9.17, 15) is 0 Å². The van der Waals surface area contributed by atoms with Crippen LogP contribution in [0.4, 0.5) is 5.69 Å². The quantitative estimate of drug-likeness (QED) is 0.851. The number of aryl methyl sites for hydroxylation is 1. The number of hydrogen-bond donors (Lipinski definition) is 2. The molecule has 1 aromatic rings. The molecular weight excluding hydrogens is 243 g/mol. The Balaban J connectivity index is 2.12. The molecule has 3 N–H and O–H groups in total. The van der Waals surface area contributed by atoms with Crippen LogP contribution in [0.2, 0.25) is 10.0 Å². The molecule has 0 heterocycles. The normalized spacial score (nSPS) is 24.8. The SMILES string of the molecule is Cc1cc(Cl)c(NC2CCC(N)C2)cc1Cl. The first-order valence-corrected chi connectivity index (χ1v) is 6.29. The van der Waals surface area contributed by atoms with Crippen LogP contribution < -0.4 is 11.1 Å². The molecule has 16 heavy (non-hydrogen) atoms. The van der Waals surface area contributed by atoms with Crippen LogP contribution in [0, 0.1) is 6.92 Å². The minimum absolute atomic E-state index is 0.317. The molecule has 0 amide bonds. The molecule has 1 fully saturated rings. The summed E-state index contributed by atoms with van der Waals surface area (Å²) in [5, 5.41) is 4.88. The first kappa shape index (κ1) is 12.0. The first-order chi connectivity index (χ1) is 7.56. The monoisotopic (exact) mass is 258 g/mol. The number of halogens is 2. The van der Waals surface area contributed by atoms with Crippen molar-refractivity contribution in [2.24, 2.45) is 5.73 Å². The second kappa shape index (κ2) is 4.82. The molecule has 1 aliphatic rings. The number of nitrogens with one attached hydrogen (secondary N) is 1. The van der Waals surface area contributed by atoms with Crippen molar-refractivity contribution in [1.29, 1.82) is 0 Å². The third kappa shape index (κ3) is 2.62. The molecular formula is C12H16Cl2N2. The highest BCUT2D eigenvalue weighted by molar-refractivity contribution is 6.35. The van der Waals surface area contributed by atoms with Crippen LogP contribution in [-0.4, -0.2) is 12.1 Å². The Hall–Kier alpha value is -0.440. The van der Waals surface area contributed by atoms with Gasteiger partial charge < -0.3 is 11.1 Å². The fourth-order valence-electron chi connectivity index (χ4n) is 2.12.